The van der Waals surface area contributed by atoms with Gasteiger partial charge in [-0.15, -0.1) is 0 Å². The highest BCUT2D eigenvalue weighted by Crippen LogP contribution is 2.50. The highest BCUT2D eigenvalue weighted by molar-refractivity contribution is 7.92. The summed E-state index contributed by atoms with van der Waals surface area (Å²) in [7, 11) is -2.66. The third-order valence-electron chi connectivity index (χ3n) is 3.33. The minimum absolute atomic E-state index is 0.0778. The molecule has 7 nitrogen and oxygen atoms in total. The lowest BCUT2D eigenvalue weighted by atomic mass is 10.1. The number of aromatic hydroxyl groups is 1. The molecule has 0 radical (unpaired) electrons. The molecule has 1 aromatic heterocycles. The summed E-state index contributed by atoms with van der Waals surface area (Å²) in [5, 5.41) is 10.3. The summed E-state index contributed by atoms with van der Waals surface area (Å²) < 4.78 is 49.2. The maximum absolute atomic E-state index is 14.1. The predicted octanol–water partition coefficient (Wildman–Crippen LogP) is 3.16. The van der Waals surface area contributed by atoms with Gasteiger partial charge in [-0.2, -0.15) is 0 Å². The van der Waals surface area contributed by atoms with Crippen LogP contribution in [0.15, 0.2) is 22.6 Å². The molecule has 1 N–H and O–H groups in total. The Labute approximate surface area is 148 Å². The molecular weight excluding hydrogens is 377 g/mol. The molecule has 1 aromatic carbocycles. The second-order valence-corrected chi connectivity index (χ2v) is 7.67. The number of carbonyl (C=O) groups excluding carboxylic acids is 1. The molecule has 2 rings (SSSR count). The molecule has 1 heterocycles. The maximum atomic E-state index is 14.1. The summed E-state index contributed by atoms with van der Waals surface area (Å²) in [5.74, 6) is -4.11. The third-order valence-corrected chi connectivity index (χ3v) is 5.37. The van der Waals surface area contributed by atoms with Crippen LogP contribution in [-0.4, -0.2) is 32.3 Å². The number of hydrogen-bond donors (Lipinski definition) is 1. The smallest absolute Gasteiger partial charge is 0.308 e. The van der Waals surface area contributed by atoms with E-state index in [1.54, 1.807) is 0 Å². The lowest BCUT2D eigenvalue weighted by molar-refractivity contribution is -0.132. The van der Waals surface area contributed by atoms with Crippen molar-refractivity contribution in [3.05, 3.63) is 29.0 Å². The van der Waals surface area contributed by atoms with E-state index in [1.165, 1.54) is 19.1 Å². The molecule has 0 unspecified atom stereocenters. The van der Waals surface area contributed by atoms with Crippen molar-refractivity contribution in [1.29, 1.82) is 0 Å². The molecule has 25 heavy (non-hydrogen) atoms. The quantitative estimate of drug-likeness (QED) is 0.786. The zero-order valence-electron chi connectivity index (χ0n) is 13.5. The van der Waals surface area contributed by atoms with Crippen LogP contribution in [0.3, 0.4) is 0 Å². The van der Waals surface area contributed by atoms with Crippen LogP contribution < -0.4 is 9.04 Å². The normalized spacial score (nSPS) is 11.4. The van der Waals surface area contributed by atoms with E-state index in [-0.39, 0.29) is 16.3 Å². The number of rotatable bonds is 5. The number of hydrogen-bond acceptors (Lipinski definition) is 6. The number of anilines is 1. The molecule has 2 aromatic rings. The fourth-order valence-electron chi connectivity index (χ4n) is 2.04. The van der Waals surface area contributed by atoms with Gasteiger partial charge < -0.3 is 14.3 Å². The Balaban J connectivity index is 2.75. The average Bonchev–Trinajstić information content (AvgIpc) is 2.83. The average molecular weight is 392 g/mol. The number of benzene rings is 1. The maximum Gasteiger partial charge on any atom is 0.308 e. The first-order valence-electron chi connectivity index (χ1n) is 7.05. The van der Waals surface area contributed by atoms with Crippen molar-refractivity contribution in [3.8, 4) is 22.8 Å². The van der Waals surface area contributed by atoms with Crippen molar-refractivity contribution < 1.29 is 31.9 Å². The van der Waals surface area contributed by atoms with Crippen LogP contribution in [0, 0.1) is 5.82 Å². The number of halogens is 2. The van der Waals surface area contributed by atoms with Crippen LogP contribution in [0.1, 0.15) is 13.8 Å². The first-order chi connectivity index (χ1) is 11.6. The first kappa shape index (κ1) is 19.1. The summed E-state index contributed by atoms with van der Waals surface area (Å²) in [6.07, 6.45) is 0. The number of ether oxygens (including phenoxy) is 1. The van der Waals surface area contributed by atoms with Gasteiger partial charge in [0.25, 0.3) is 5.88 Å². The Kier molecular flexibility index (Phi) is 5.28. The van der Waals surface area contributed by atoms with Gasteiger partial charge in [-0.1, -0.05) is 17.7 Å². The topological polar surface area (TPSA) is 97.1 Å². The van der Waals surface area contributed by atoms with Gasteiger partial charge in [0.15, 0.2) is 5.76 Å². The molecule has 0 aliphatic carbocycles. The molecule has 0 spiro atoms. The van der Waals surface area contributed by atoms with Gasteiger partial charge in [-0.25, -0.2) is 17.1 Å². The number of furan rings is 1. The van der Waals surface area contributed by atoms with E-state index in [1.807, 2.05) is 0 Å². The SMILES string of the molecule is CCS(=O)(=O)N(C)c1oc(-c2c(F)cccc2Cl)c(O)c1OC(C)=O. The molecule has 0 atom stereocenters. The van der Waals surface area contributed by atoms with E-state index in [2.05, 4.69) is 0 Å². The molecule has 0 aliphatic rings. The monoisotopic (exact) mass is 391 g/mol. The lowest BCUT2D eigenvalue weighted by Gasteiger charge is -2.16. The summed E-state index contributed by atoms with van der Waals surface area (Å²) >= 11 is 5.95. The van der Waals surface area contributed by atoms with Gasteiger partial charge in [0.1, 0.15) is 5.82 Å². The zero-order chi connectivity index (χ0) is 18.9. The van der Waals surface area contributed by atoms with E-state index >= 15 is 0 Å². The second kappa shape index (κ2) is 6.93. The number of sulfonamides is 1. The first-order valence-corrected chi connectivity index (χ1v) is 9.04. The van der Waals surface area contributed by atoms with Crippen LogP contribution in [0.5, 0.6) is 11.5 Å². The van der Waals surface area contributed by atoms with E-state index in [9.17, 15) is 22.7 Å². The molecular formula is C15H15ClFNO6S. The van der Waals surface area contributed by atoms with Crippen molar-refractivity contribution >= 4 is 33.5 Å². The van der Waals surface area contributed by atoms with Crippen molar-refractivity contribution in [2.24, 2.45) is 0 Å². The van der Waals surface area contributed by atoms with Gasteiger partial charge in [0.05, 0.1) is 16.3 Å². The Morgan fingerprint density at radius 1 is 1.44 bits per heavy atom. The van der Waals surface area contributed by atoms with Crippen LogP contribution in [0.2, 0.25) is 5.02 Å². The minimum atomic E-state index is -3.80. The predicted molar refractivity (Wildman–Crippen MR) is 89.9 cm³/mol. The van der Waals surface area contributed by atoms with E-state index in [0.29, 0.717) is 4.31 Å². The van der Waals surface area contributed by atoms with E-state index in [4.69, 9.17) is 20.8 Å². The highest BCUT2D eigenvalue weighted by Gasteiger charge is 2.32. The number of esters is 1. The highest BCUT2D eigenvalue weighted by atomic mass is 35.5. The van der Waals surface area contributed by atoms with Gasteiger partial charge in [-0.3, -0.25) is 4.79 Å². The largest absolute Gasteiger partial charge is 0.502 e. The van der Waals surface area contributed by atoms with Gasteiger partial charge in [0, 0.05) is 14.0 Å². The lowest BCUT2D eigenvalue weighted by Crippen LogP contribution is -2.28. The van der Waals surface area contributed by atoms with Crippen molar-refractivity contribution in [2.75, 3.05) is 17.1 Å². The summed E-state index contributed by atoms with van der Waals surface area (Å²) in [6, 6.07) is 3.79. The third kappa shape index (κ3) is 3.57. The van der Waals surface area contributed by atoms with Crippen molar-refractivity contribution in [2.45, 2.75) is 13.8 Å². The molecule has 0 amide bonds. The van der Waals surface area contributed by atoms with Crippen LogP contribution in [0.4, 0.5) is 10.3 Å². The van der Waals surface area contributed by atoms with Crippen molar-refractivity contribution in [3.63, 3.8) is 0 Å². The van der Waals surface area contributed by atoms with Gasteiger partial charge in [-0.05, 0) is 19.1 Å². The zero-order valence-corrected chi connectivity index (χ0v) is 15.1. The van der Waals surface area contributed by atoms with Gasteiger partial charge >= 0.3 is 5.97 Å². The molecule has 136 valence electrons. The summed E-state index contributed by atoms with van der Waals surface area (Å²) in [6.45, 7) is 2.45. The summed E-state index contributed by atoms with van der Waals surface area (Å²) in [4.78, 5) is 11.3. The molecule has 0 aliphatic heterocycles. The fourth-order valence-corrected chi connectivity index (χ4v) is 3.05. The standard InChI is InChI=1S/C15H15ClFNO6S/c1-4-25(21,22)18(3)15-14(23-8(2)19)12(20)13(24-15)11-9(16)6-5-7-10(11)17/h5-7,20H,4H2,1-3H3. The van der Waals surface area contributed by atoms with Crippen molar-refractivity contribution in [1.82, 2.24) is 0 Å². The van der Waals surface area contributed by atoms with Crippen LogP contribution >= 0.6 is 11.6 Å². The molecule has 0 saturated carbocycles. The van der Waals surface area contributed by atoms with Crippen LogP contribution in [-0.2, 0) is 14.8 Å². The molecule has 10 heteroatoms. The number of nitrogens with zero attached hydrogens (tertiary/aromatic N) is 1. The Morgan fingerprint density at radius 3 is 2.60 bits per heavy atom. The minimum Gasteiger partial charge on any atom is -0.502 e. The van der Waals surface area contributed by atoms with Crippen LogP contribution in [0.25, 0.3) is 11.3 Å². The molecule has 0 bridgehead atoms. The van der Waals surface area contributed by atoms with E-state index in [0.717, 1.165) is 20.0 Å². The second-order valence-electron chi connectivity index (χ2n) is 4.97. The Bertz CT molecular complexity index is 904. The molecule has 0 saturated heterocycles. The van der Waals surface area contributed by atoms with E-state index < -0.39 is 45.0 Å². The number of carbonyl (C=O) groups is 1. The molecule has 0 fully saturated rings. The van der Waals surface area contributed by atoms with Gasteiger partial charge in [0.2, 0.25) is 21.5 Å². The Morgan fingerprint density at radius 2 is 2.08 bits per heavy atom. The summed E-state index contributed by atoms with van der Waals surface area (Å²) in [5.41, 5.74) is -0.288. The fraction of sp³-hybridized carbons (Fsp3) is 0.267. The Hall–Kier alpha value is -2.26.